The van der Waals surface area contributed by atoms with Crippen molar-refractivity contribution >= 4 is 22.4 Å². The monoisotopic (exact) mass is 293 g/mol. The summed E-state index contributed by atoms with van der Waals surface area (Å²) in [6.07, 6.45) is 0. The molecule has 2 N–H and O–H groups in total. The molecule has 110 valence electrons. The summed E-state index contributed by atoms with van der Waals surface area (Å²) in [5.41, 5.74) is 0.616. The van der Waals surface area contributed by atoms with Crippen molar-refractivity contribution < 1.29 is 14.6 Å². The van der Waals surface area contributed by atoms with Gasteiger partial charge in [-0.3, -0.25) is 4.79 Å². The summed E-state index contributed by atoms with van der Waals surface area (Å²) in [6.45, 7) is -0.0702. The fourth-order valence-corrected chi connectivity index (χ4v) is 2.15. The highest BCUT2D eigenvalue weighted by Gasteiger charge is 2.04. The molecule has 1 amide bonds. The van der Waals surface area contributed by atoms with Crippen molar-refractivity contribution in [1.82, 2.24) is 0 Å². The third-order valence-corrected chi connectivity index (χ3v) is 3.24. The van der Waals surface area contributed by atoms with Crippen LogP contribution in [0.25, 0.3) is 10.8 Å². The van der Waals surface area contributed by atoms with Gasteiger partial charge in [-0.1, -0.05) is 30.3 Å². The molecule has 0 saturated heterocycles. The van der Waals surface area contributed by atoms with E-state index in [0.717, 1.165) is 10.8 Å². The van der Waals surface area contributed by atoms with Crippen LogP contribution in [-0.2, 0) is 4.79 Å². The average Bonchev–Trinajstić information content (AvgIpc) is 2.55. The van der Waals surface area contributed by atoms with Crippen LogP contribution in [0, 0.1) is 0 Å². The van der Waals surface area contributed by atoms with Gasteiger partial charge in [0.25, 0.3) is 5.91 Å². The second-order valence-electron chi connectivity index (χ2n) is 4.89. The third kappa shape index (κ3) is 3.35. The van der Waals surface area contributed by atoms with Gasteiger partial charge in [0.2, 0.25) is 0 Å². The Kier molecular flexibility index (Phi) is 3.92. The fourth-order valence-electron chi connectivity index (χ4n) is 2.15. The number of phenolic OH excluding ortho intramolecular Hbond substituents is 1. The van der Waals surface area contributed by atoms with Gasteiger partial charge in [0.15, 0.2) is 6.61 Å². The highest BCUT2D eigenvalue weighted by atomic mass is 16.5. The van der Waals surface area contributed by atoms with Gasteiger partial charge in [-0.2, -0.15) is 0 Å². The summed E-state index contributed by atoms with van der Waals surface area (Å²) >= 11 is 0. The van der Waals surface area contributed by atoms with E-state index in [9.17, 15) is 9.90 Å². The van der Waals surface area contributed by atoms with E-state index in [-0.39, 0.29) is 18.3 Å². The van der Waals surface area contributed by atoms with Crippen LogP contribution in [0.15, 0.2) is 66.7 Å². The fraction of sp³-hybridized carbons (Fsp3) is 0.0556. The number of rotatable bonds is 4. The van der Waals surface area contributed by atoms with Gasteiger partial charge >= 0.3 is 0 Å². The molecule has 0 spiro atoms. The van der Waals surface area contributed by atoms with E-state index in [1.54, 1.807) is 12.1 Å². The Morgan fingerprint density at radius 2 is 1.68 bits per heavy atom. The van der Waals surface area contributed by atoms with Crippen molar-refractivity contribution in [1.29, 1.82) is 0 Å². The Morgan fingerprint density at radius 1 is 0.955 bits per heavy atom. The second kappa shape index (κ2) is 6.18. The molecular formula is C18H15NO3. The van der Waals surface area contributed by atoms with E-state index in [1.807, 2.05) is 42.5 Å². The Morgan fingerprint density at radius 3 is 2.45 bits per heavy atom. The number of nitrogens with one attached hydrogen (secondary N) is 1. The largest absolute Gasteiger partial charge is 0.508 e. The van der Waals surface area contributed by atoms with E-state index < -0.39 is 0 Å². The quantitative estimate of drug-likeness (QED) is 0.723. The van der Waals surface area contributed by atoms with E-state index in [4.69, 9.17) is 4.74 Å². The SMILES string of the molecule is O=C(COc1ccc2ccccc2c1)Nc1ccc(O)cc1. The highest BCUT2D eigenvalue weighted by molar-refractivity contribution is 5.92. The first-order valence-corrected chi connectivity index (χ1v) is 6.91. The first-order valence-electron chi connectivity index (χ1n) is 6.91. The number of hydrogen-bond donors (Lipinski definition) is 2. The molecule has 3 aromatic carbocycles. The van der Waals surface area contributed by atoms with E-state index in [0.29, 0.717) is 11.4 Å². The Labute approximate surface area is 128 Å². The predicted molar refractivity (Wildman–Crippen MR) is 86.2 cm³/mol. The molecule has 0 saturated carbocycles. The number of benzene rings is 3. The number of carbonyl (C=O) groups excluding carboxylic acids is 1. The smallest absolute Gasteiger partial charge is 0.262 e. The number of hydrogen-bond acceptors (Lipinski definition) is 3. The van der Waals surface area contributed by atoms with Crippen LogP contribution in [0.2, 0.25) is 0 Å². The van der Waals surface area contributed by atoms with E-state index in [2.05, 4.69) is 5.32 Å². The maximum Gasteiger partial charge on any atom is 0.262 e. The van der Waals surface area contributed by atoms with Crippen molar-refractivity contribution in [3.63, 3.8) is 0 Å². The summed E-state index contributed by atoms with van der Waals surface area (Å²) < 4.78 is 5.51. The lowest BCUT2D eigenvalue weighted by molar-refractivity contribution is -0.118. The molecule has 3 aromatic rings. The van der Waals surface area contributed by atoms with Crippen LogP contribution in [-0.4, -0.2) is 17.6 Å². The van der Waals surface area contributed by atoms with Gasteiger partial charge in [-0.05, 0) is 47.2 Å². The summed E-state index contributed by atoms with van der Waals surface area (Å²) in [6, 6.07) is 20.0. The molecule has 4 heteroatoms. The molecule has 0 heterocycles. The van der Waals surface area contributed by atoms with E-state index >= 15 is 0 Å². The van der Waals surface area contributed by atoms with Crippen LogP contribution in [0.1, 0.15) is 0 Å². The summed E-state index contributed by atoms with van der Waals surface area (Å²) in [5.74, 6) is 0.559. The molecule has 0 unspecified atom stereocenters. The van der Waals surface area contributed by atoms with Crippen molar-refractivity contribution in [2.75, 3.05) is 11.9 Å². The molecule has 22 heavy (non-hydrogen) atoms. The van der Waals surface area contributed by atoms with Gasteiger partial charge in [0, 0.05) is 5.69 Å². The molecule has 0 bridgehead atoms. The first kappa shape index (κ1) is 13.9. The molecule has 0 aliphatic heterocycles. The van der Waals surface area contributed by atoms with Gasteiger partial charge < -0.3 is 15.2 Å². The van der Waals surface area contributed by atoms with Crippen molar-refractivity contribution in [2.24, 2.45) is 0 Å². The number of fused-ring (bicyclic) bond motifs is 1. The number of anilines is 1. The summed E-state index contributed by atoms with van der Waals surface area (Å²) in [4.78, 5) is 11.8. The lowest BCUT2D eigenvalue weighted by Gasteiger charge is -2.08. The topological polar surface area (TPSA) is 58.6 Å². The normalized spacial score (nSPS) is 10.4. The third-order valence-electron chi connectivity index (χ3n) is 3.24. The van der Waals surface area contributed by atoms with Crippen LogP contribution in [0.3, 0.4) is 0 Å². The number of phenols is 1. The van der Waals surface area contributed by atoms with Crippen molar-refractivity contribution in [3.8, 4) is 11.5 Å². The average molecular weight is 293 g/mol. The molecule has 0 aromatic heterocycles. The number of ether oxygens (including phenoxy) is 1. The standard InChI is InChI=1S/C18H15NO3/c20-16-8-6-15(7-9-16)19-18(21)12-22-17-10-5-13-3-1-2-4-14(13)11-17/h1-11,20H,12H2,(H,19,21). The minimum Gasteiger partial charge on any atom is -0.508 e. The minimum absolute atomic E-state index is 0.0702. The van der Waals surface area contributed by atoms with Gasteiger partial charge in [-0.25, -0.2) is 0 Å². The zero-order valence-electron chi connectivity index (χ0n) is 11.8. The zero-order chi connectivity index (χ0) is 15.4. The molecule has 0 fully saturated rings. The zero-order valence-corrected chi connectivity index (χ0v) is 11.8. The predicted octanol–water partition coefficient (Wildman–Crippen LogP) is 3.56. The van der Waals surface area contributed by atoms with Crippen LogP contribution in [0.4, 0.5) is 5.69 Å². The molecule has 0 atom stereocenters. The van der Waals surface area contributed by atoms with Gasteiger partial charge in [-0.15, -0.1) is 0 Å². The Hall–Kier alpha value is -3.01. The first-order chi connectivity index (χ1) is 10.7. The van der Waals surface area contributed by atoms with Crippen LogP contribution < -0.4 is 10.1 Å². The van der Waals surface area contributed by atoms with Gasteiger partial charge in [0.1, 0.15) is 11.5 Å². The number of amides is 1. The molecule has 0 aliphatic carbocycles. The number of carbonyl (C=O) groups is 1. The lowest BCUT2D eigenvalue weighted by Crippen LogP contribution is -2.20. The van der Waals surface area contributed by atoms with Crippen molar-refractivity contribution in [3.05, 3.63) is 66.7 Å². The highest BCUT2D eigenvalue weighted by Crippen LogP contribution is 2.20. The summed E-state index contributed by atoms with van der Waals surface area (Å²) in [5, 5.41) is 14.1. The van der Waals surface area contributed by atoms with Crippen LogP contribution in [0.5, 0.6) is 11.5 Å². The lowest BCUT2D eigenvalue weighted by atomic mass is 10.1. The Balaban J connectivity index is 1.60. The van der Waals surface area contributed by atoms with Crippen LogP contribution >= 0.6 is 0 Å². The number of aromatic hydroxyl groups is 1. The summed E-state index contributed by atoms with van der Waals surface area (Å²) in [7, 11) is 0. The Bertz CT molecular complexity index is 797. The molecular weight excluding hydrogens is 278 g/mol. The van der Waals surface area contributed by atoms with Crippen molar-refractivity contribution in [2.45, 2.75) is 0 Å². The minimum atomic E-state index is -0.251. The second-order valence-corrected chi connectivity index (χ2v) is 4.89. The van der Waals surface area contributed by atoms with Gasteiger partial charge in [0.05, 0.1) is 0 Å². The maximum absolute atomic E-state index is 11.8. The molecule has 3 rings (SSSR count). The molecule has 4 nitrogen and oxygen atoms in total. The van der Waals surface area contributed by atoms with E-state index in [1.165, 1.54) is 12.1 Å². The molecule has 0 aliphatic rings. The maximum atomic E-state index is 11.8. The molecule has 0 radical (unpaired) electrons.